The van der Waals surface area contributed by atoms with Crippen LogP contribution in [0.1, 0.15) is 66.6 Å². The third kappa shape index (κ3) is 5.26. The molecular weight excluding hydrogens is 425 g/mol. The summed E-state index contributed by atoms with van der Waals surface area (Å²) in [5, 5.41) is 4.03. The molecule has 0 aliphatic heterocycles. The molecule has 176 valence electrons. The Kier molecular flexibility index (Phi) is 6.82. The first-order valence-corrected chi connectivity index (χ1v) is 11.8. The number of aromatic nitrogens is 1. The minimum atomic E-state index is -4.35. The number of benzene rings is 2. The van der Waals surface area contributed by atoms with E-state index in [0.29, 0.717) is 24.4 Å². The van der Waals surface area contributed by atoms with Crippen LogP contribution < -0.4 is 5.32 Å². The summed E-state index contributed by atoms with van der Waals surface area (Å²) in [6.07, 6.45) is 2.75. The highest BCUT2D eigenvalue weighted by molar-refractivity contribution is 6.08. The van der Waals surface area contributed by atoms with Gasteiger partial charge in [-0.25, -0.2) is 0 Å². The first-order valence-electron chi connectivity index (χ1n) is 11.8. The van der Waals surface area contributed by atoms with Gasteiger partial charge in [-0.3, -0.25) is 4.79 Å². The predicted molar refractivity (Wildman–Crippen MR) is 125 cm³/mol. The number of alkyl halides is 3. The van der Waals surface area contributed by atoms with Crippen LogP contribution in [-0.4, -0.2) is 17.0 Å². The quantitative estimate of drug-likeness (QED) is 0.434. The second-order valence-electron chi connectivity index (χ2n) is 9.35. The number of nitrogens with one attached hydrogen (secondary N) is 1. The number of hydrogen-bond donors (Lipinski definition) is 1. The van der Waals surface area contributed by atoms with Crippen molar-refractivity contribution in [1.82, 2.24) is 9.88 Å². The van der Waals surface area contributed by atoms with Gasteiger partial charge in [-0.15, -0.1) is 0 Å². The van der Waals surface area contributed by atoms with Gasteiger partial charge in [0.1, 0.15) is 0 Å². The second kappa shape index (κ2) is 9.62. The van der Waals surface area contributed by atoms with Crippen molar-refractivity contribution in [1.29, 1.82) is 0 Å². The maximum absolute atomic E-state index is 13.2. The second-order valence-corrected chi connectivity index (χ2v) is 9.35. The SMILES string of the molecule is CCn1cc(C(=O)NCC2CCC(C)CC2)c2c(Cc3ccc(C(F)(F)F)cc3)cccc21. The van der Waals surface area contributed by atoms with Crippen molar-refractivity contribution < 1.29 is 18.0 Å². The lowest BCUT2D eigenvalue weighted by atomic mass is 9.83. The van der Waals surface area contributed by atoms with Gasteiger partial charge >= 0.3 is 6.18 Å². The Morgan fingerprint density at radius 3 is 2.39 bits per heavy atom. The summed E-state index contributed by atoms with van der Waals surface area (Å²) in [6.45, 7) is 5.74. The third-order valence-electron chi connectivity index (χ3n) is 6.94. The van der Waals surface area contributed by atoms with E-state index in [-0.39, 0.29) is 5.91 Å². The number of rotatable bonds is 6. The maximum atomic E-state index is 13.2. The number of amides is 1. The van der Waals surface area contributed by atoms with Crippen molar-refractivity contribution in [2.45, 2.75) is 58.7 Å². The molecule has 1 saturated carbocycles. The van der Waals surface area contributed by atoms with Crippen LogP contribution in [0.4, 0.5) is 13.2 Å². The Bertz CT molecular complexity index is 1110. The van der Waals surface area contributed by atoms with Gasteiger partial charge in [0.25, 0.3) is 5.91 Å². The lowest BCUT2D eigenvalue weighted by Crippen LogP contribution is -2.31. The molecule has 0 saturated heterocycles. The molecule has 3 aromatic rings. The van der Waals surface area contributed by atoms with Crippen LogP contribution >= 0.6 is 0 Å². The molecule has 0 radical (unpaired) electrons. The lowest BCUT2D eigenvalue weighted by molar-refractivity contribution is -0.137. The molecule has 0 spiro atoms. The van der Waals surface area contributed by atoms with Crippen LogP contribution in [0.2, 0.25) is 0 Å². The minimum absolute atomic E-state index is 0.0781. The van der Waals surface area contributed by atoms with Crippen molar-refractivity contribution in [3.8, 4) is 0 Å². The number of carbonyl (C=O) groups excluding carboxylic acids is 1. The summed E-state index contributed by atoms with van der Waals surface area (Å²) in [5.41, 5.74) is 2.68. The van der Waals surface area contributed by atoms with E-state index in [1.165, 1.54) is 25.0 Å². The molecule has 1 aromatic heterocycles. The normalized spacial score (nSPS) is 19.1. The molecule has 4 rings (SSSR count). The van der Waals surface area contributed by atoms with Gasteiger partial charge in [0.05, 0.1) is 11.1 Å². The number of hydrogen-bond acceptors (Lipinski definition) is 1. The number of aryl methyl sites for hydroxylation is 1. The molecule has 1 aliphatic rings. The first-order chi connectivity index (χ1) is 15.8. The minimum Gasteiger partial charge on any atom is -0.352 e. The van der Waals surface area contributed by atoms with Crippen LogP contribution in [0, 0.1) is 11.8 Å². The molecule has 1 heterocycles. The van der Waals surface area contributed by atoms with Crippen LogP contribution in [0.25, 0.3) is 10.9 Å². The Labute approximate surface area is 193 Å². The molecule has 1 fully saturated rings. The Morgan fingerprint density at radius 2 is 1.76 bits per heavy atom. The monoisotopic (exact) mass is 456 g/mol. The van der Waals surface area contributed by atoms with Gasteiger partial charge in [-0.1, -0.05) is 44.0 Å². The molecule has 1 aliphatic carbocycles. The highest BCUT2D eigenvalue weighted by atomic mass is 19.4. The van der Waals surface area contributed by atoms with Crippen molar-refractivity contribution in [3.63, 3.8) is 0 Å². The molecule has 33 heavy (non-hydrogen) atoms. The summed E-state index contributed by atoms with van der Waals surface area (Å²) in [7, 11) is 0. The molecule has 2 aromatic carbocycles. The van der Waals surface area contributed by atoms with E-state index in [4.69, 9.17) is 0 Å². The Hall–Kier alpha value is -2.76. The molecule has 0 bridgehead atoms. The van der Waals surface area contributed by atoms with Crippen LogP contribution in [0.3, 0.4) is 0 Å². The zero-order valence-corrected chi connectivity index (χ0v) is 19.2. The largest absolute Gasteiger partial charge is 0.416 e. The van der Waals surface area contributed by atoms with Gasteiger partial charge in [0.2, 0.25) is 0 Å². The Morgan fingerprint density at radius 1 is 1.06 bits per heavy atom. The Balaban J connectivity index is 1.59. The highest BCUT2D eigenvalue weighted by Crippen LogP contribution is 2.31. The molecule has 6 heteroatoms. The fraction of sp³-hybridized carbons (Fsp3) is 0.444. The van der Waals surface area contributed by atoms with E-state index < -0.39 is 11.7 Å². The number of nitrogens with zero attached hydrogens (tertiary/aromatic N) is 1. The zero-order valence-electron chi connectivity index (χ0n) is 19.2. The van der Waals surface area contributed by atoms with E-state index in [1.54, 1.807) is 0 Å². The van der Waals surface area contributed by atoms with Crippen LogP contribution in [-0.2, 0) is 19.1 Å². The predicted octanol–water partition coefficient (Wildman–Crippen LogP) is 6.83. The van der Waals surface area contributed by atoms with E-state index >= 15 is 0 Å². The molecule has 0 atom stereocenters. The summed E-state index contributed by atoms with van der Waals surface area (Å²) >= 11 is 0. The van der Waals surface area contributed by atoms with E-state index in [2.05, 4.69) is 16.8 Å². The average molecular weight is 457 g/mol. The standard InChI is InChI=1S/C27H31F3N2O/c1-3-32-17-23(26(33)31-16-20-9-7-18(2)8-10-20)25-21(5-4-6-24(25)32)15-19-11-13-22(14-12-19)27(28,29)30/h4-6,11-14,17-18,20H,3,7-10,15-16H2,1-2H3,(H,31,33). The molecule has 1 amide bonds. The third-order valence-corrected chi connectivity index (χ3v) is 6.94. The van der Waals surface area contributed by atoms with E-state index in [1.807, 2.05) is 31.3 Å². The fourth-order valence-corrected chi connectivity index (χ4v) is 4.90. The molecule has 3 nitrogen and oxygen atoms in total. The van der Waals surface area contributed by atoms with Gasteiger partial charge < -0.3 is 9.88 Å². The van der Waals surface area contributed by atoms with Crippen molar-refractivity contribution >= 4 is 16.8 Å². The summed E-state index contributed by atoms with van der Waals surface area (Å²) in [5.74, 6) is 1.22. The summed E-state index contributed by atoms with van der Waals surface area (Å²) in [6, 6.07) is 11.2. The number of halogens is 3. The molecule has 1 N–H and O–H groups in total. The topological polar surface area (TPSA) is 34.0 Å². The molecule has 0 unspecified atom stereocenters. The zero-order chi connectivity index (χ0) is 23.6. The fourth-order valence-electron chi connectivity index (χ4n) is 4.90. The molecular formula is C27H31F3N2O. The van der Waals surface area contributed by atoms with Gasteiger partial charge in [-0.2, -0.15) is 13.2 Å². The maximum Gasteiger partial charge on any atom is 0.416 e. The van der Waals surface area contributed by atoms with E-state index in [0.717, 1.165) is 59.5 Å². The highest BCUT2D eigenvalue weighted by Gasteiger charge is 2.30. The van der Waals surface area contributed by atoms with Gasteiger partial charge in [0, 0.05) is 30.2 Å². The summed E-state index contributed by atoms with van der Waals surface area (Å²) < 4.78 is 40.8. The smallest absolute Gasteiger partial charge is 0.352 e. The van der Waals surface area contributed by atoms with Crippen LogP contribution in [0.5, 0.6) is 0 Å². The van der Waals surface area contributed by atoms with Gasteiger partial charge in [0.15, 0.2) is 0 Å². The first kappa shape index (κ1) is 23.4. The average Bonchev–Trinajstić information content (AvgIpc) is 3.18. The van der Waals surface area contributed by atoms with Crippen molar-refractivity contribution in [3.05, 3.63) is 70.9 Å². The van der Waals surface area contributed by atoms with Crippen molar-refractivity contribution in [2.75, 3.05) is 6.54 Å². The van der Waals surface area contributed by atoms with Gasteiger partial charge in [-0.05, 0) is 67.3 Å². The lowest BCUT2D eigenvalue weighted by Gasteiger charge is -2.26. The number of fused-ring (bicyclic) bond motifs is 1. The van der Waals surface area contributed by atoms with Crippen molar-refractivity contribution in [2.24, 2.45) is 11.8 Å². The number of carbonyl (C=O) groups is 1. The summed E-state index contributed by atoms with van der Waals surface area (Å²) in [4.78, 5) is 13.2. The van der Waals surface area contributed by atoms with E-state index in [9.17, 15) is 18.0 Å². The van der Waals surface area contributed by atoms with Crippen LogP contribution in [0.15, 0.2) is 48.7 Å².